The van der Waals surface area contributed by atoms with E-state index in [4.69, 9.17) is 4.74 Å². The molecule has 2 atom stereocenters. The van der Waals surface area contributed by atoms with Crippen molar-refractivity contribution >= 4 is 5.91 Å². The van der Waals surface area contributed by atoms with Crippen LogP contribution in [0.3, 0.4) is 0 Å². The number of morpholine rings is 1. The summed E-state index contributed by atoms with van der Waals surface area (Å²) < 4.78 is 5.76. The van der Waals surface area contributed by atoms with Crippen LogP contribution in [-0.2, 0) is 22.6 Å². The fourth-order valence-corrected chi connectivity index (χ4v) is 2.77. The zero-order chi connectivity index (χ0) is 15.2. The molecule has 2 rings (SSSR count). The van der Waals surface area contributed by atoms with Gasteiger partial charge in [-0.3, -0.25) is 9.69 Å². The Labute approximate surface area is 126 Å². The van der Waals surface area contributed by atoms with E-state index in [1.54, 1.807) is 0 Å². The number of benzene rings is 1. The first-order valence-corrected chi connectivity index (χ1v) is 7.42. The van der Waals surface area contributed by atoms with Gasteiger partial charge in [0.25, 0.3) is 0 Å². The van der Waals surface area contributed by atoms with E-state index < -0.39 is 0 Å². The molecule has 1 aliphatic heterocycles. The van der Waals surface area contributed by atoms with Gasteiger partial charge in [-0.1, -0.05) is 30.8 Å². The molecule has 0 aromatic heterocycles. The average molecular weight is 288 g/mol. The Hall–Kier alpha value is -1.65. The summed E-state index contributed by atoms with van der Waals surface area (Å²) in [4.78, 5) is 13.6. The van der Waals surface area contributed by atoms with Gasteiger partial charge in [-0.05, 0) is 31.1 Å². The van der Waals surface area contributed by atoms with Crippen molar-refractivity contribution in [1.29, 1.82) is 0 Å². The molecule has 1 saturated heterocycles. The minimum Gasteiger partial charge on any atom is -0.373 e. The molecule has 21 heavy (non-hydrogen) atoms. The lowest BCUT2D eigenvalue weighted by atomic mass is 10.1. The molecule has 1 aromatic rings. The van der Waals surface area contributed by atoms with Gasteiger partial charge in [-0.2, -0.15) is 0 Å². The van der Waals surface area contributed by atoms with Crippen LogP contribution in [0.15, 0.2) is 36.9 Å². The highest BCUT2D eigenvalue weighted by atomic mass is 16.5. The Morgan fingerprint density at radius 1 is 1.38 bits per heavy atom. The zero-order valence-electron chi connectivity index (χ0n) is 12.8. The summed E-state index contributed by atoms with van der Waals surface area (Å²) in [7, 11) is 0. The van der Waals surface area contributed by atoms with E-state index in [0.29, 0.717) is 6.54 Å². The van der Waals surface area contributed by atoms with E-state index in [0.717, 1.165) is 25.2 Å². The summed E-state index contributed by atoms with van der Waals surface area (Å²) in [5.41, 5.74) is 2.37. The Kier molecular flexibility index (Phi) is 5.53. The van der Waals surface area contributed by atoms with Gasteiger partial charge in [0.2, 0.25) is 5.91 Å². The smallest absolute Gasteiger partial charge is 0.243 e. The topological polar surface area (TPSA) is 41.6 Å². The lowest BCUT2D eigenvalue weighted by Gasteiger charge is -2.35. The molecule has 0 radical (unpaired) electrons. The van der Waals surface area contributed by atoms with Crippen LogP contribution in [0.4, 0.5) is 0 Å². The van der Waals surface area contributed by atoms with Gasteiger partial charge in [0.1, 0.15) is 0 Å². The highest BCUT2D eigenvalue weighted by molar-refractivity contribution is 5.86. The third kappa shape index (κ3) is 4.99. The quantitative estimate of drug-likeness (QED) is 0.844. The van der Waals surface area contributed by atoms with E-state index in [1.165, 1.54) is 11.6 Å². The molecule has 4 nitrogen and oxygen atoms in total. The van der Waals surface area contributed by atoms with Gasteiger partial charge < -0.3 is 10.1 Å². The number of ether oxygens (including phenoxy) is 1. The number of carbonyl (C=O) groups excluding carboxylic acids is 1. The summed E-state index contributed by atoms with van der Waals surface area (Å²) in [6, 6.07) is 8.34. The van der Waals surface area contributed by atoms with Gasteiger partial charge in [-0.15, -0.1) is 0 Å². The predicted molar refractivity (Wildman–Crippen MR) is 83.8 cm³/mol. The molecule has 1 amide bonds. The van der Waals surface area contributed by atoms with Gasteiger partial charge in [-0.25, -0.2) is 0 Å². The van der Waals surface area contributed by atoms with Gasteiger partial charge in [0, 0.05) is 26.2 Å². The lowest BCUT2D eigenvalue weighted by Crippen LogP contribution is -2.44. The van der Waals surface area contributed by atoms with E-state index >= 15 is 0 Å². The number of nitrogens with zero attached hydrogens (tertiary/aromatic N) is 1. The van der Waals surface area contributed by atoms with Crippen LogP contribution in [0, 0.1) is 0 Å². The highest BCUT2D eigenvalue weighted by Gasteiger charge is 2.21. The van der Waals surface area contributed by atoms with Crippen LogP contribution in [-0.4, -0.2) is 36.1 Å². The summed E-state index contributed by atoms with van der Waals surface area (Å²) in [5.74, 6) is -0.142. The molecule has 114 valence electrons. The van der Waals surface area contributed by atoms with Crippen molar-refractivity contribution in [3.63, 3.8) is 0 Å². The molecule has 4 heteroatoms. The summed E-state index contributed by atoms with van der Waals surface area (Å²) >= 11 is 0. The number of rotatable bonds is 5. The van der Waals surface area contributed by atoms with Crippen molar-refractivity contribution < 1.29 is 9.53 Å². The van der Waals surface area contributed by atoms with Crippen molar-refractivity contribution in [3.8, 4) is 0 Å². The summed E-state index contributed by atoms with van der Waals surface area (Å²) in [6.07, 6.45) is 1.85. The summed E-state index contributed by atoms with van der Waals surface area (Å²) in [6.45, 7) is 11.1. The van der Waals surface area contributed by atoms with Crippen LogP contribution >= 0.6 is 0 Å². The normalized spacial score (nSPS) is 22.8. The first-order valence-electron chi connectivity index (χ1n) is 7.42. The molecular weight excluding hydrogens is 264 g/mol. The van der Waals surface area contributed by atoms with Gasteiger partial charge in [0.15, 0.2) is 0 Å². The maximum Gasteiger partial charge on any atom is 0.243 e. The first-order chi connectivity index (χ1) is 10.1. The second-order valence-corrected chi connectivity index (χ2v) is 5.69. The number of hydrogen-bond acceptors (Lipinski definition) is 3. The third-order valence-electron chi connectivity index (χ3n) is 3.54. The van der Waals surface area contributed by atoms with E-state index in [2.05, 4.69) is 42.8 Å². The fraction of sp³-hybridized carbons (Fsp3) is 0.471. The van der Waals surface area contributed by atoms with Crippen molar-refractivity contribution in [2.24, 2.45) is 0 Å². The number of amides is 1. The lowest BCUT2D eigenvalue weighted by molar-refractivity contribution is -0.116. The van der Waals surface area contributed by atoms with Gasteiger partial charge in [0.05, 0.1) is 12.2 Å². The third-order valence-corrected chi connectivity index (χ3v) is 3.54. The Morgan fingerprint density at radius 3 is 2.71 bits per heavy atom. The Morgan fingerprint density at radius 2 is 2.05 bits per heavy atom. The molecule has 0 saturated carbocycles. The Bertz CT molecular complexity index is 491. The Balaban J connectivity index is 1.94. The van der Waals surface area contributed by atoms with Crippen molar-refractivity contribution in [3.05, 3.63) is 48.0 Å². The van der Waals surface area contributed by atoms with E-state index in [9.17, 15) is 4.79 Å². The maximum atomic E-state index is 11.2. The van der Waals surface area contributed by atoms with Crippen LogP contribution in [0.25, 0.3) is 0 Å². The van der Waals surface area contributed by atoms with Crippen molar-refractivity contribution in [2.45, 2.75) is 39.1 Å². The molecule has 1 heterocycles. The molecule has 1 aromatic carbocycles. The standard InChI is InChI=1S/C17H24N2O2/c1-4-17(20)18-9-15-6-5-7-16(8-15)12-19-10-13(2)21-14(3)11-19/h4-8,13-14H,1,9-12H2,2-3H3,(H,18,20). The first kappa shape index (κ1) is 15.7. The van der Waals surface area contributed by atoms with Crippen molar-refractivity contribution in [1.82, 2.24) is 10.2 Å². The van der Waals surface area contributed by atoms with Crippen molar-refractivity contribution in [2.75, 3.05) is 13.1 Å². The largest absolute Gasteiger partial charge is 0.373 e. The van der Waals surface area contributed by atoms with Gasteiger partial charge >= 0.3 is 0 Å². The molecule has 1 aliphatic rings. The molecular formula is C17H24N2O2. The van der Waals surface area contributed by atoms with Crippen LogP contribution in [0.1, 0.15) is 25.0 Å². The molecule has 0 aliphatic carbocycles. The van der Waals surface area contributed by atoms with Crippen LogP contribution in [0.5, 0.6) is 0 Å². The molecule has 1 N–H and O–H groups in total. The predicted octanol–water partition coefficient (Wildman–Crippen LogP) is 2.10. The van der Waals surface area contributed by atoms with Crippen LogP contribution in [0.2, 0.25) is 0 Å². The zero-order valence-corrected chi connectivity index (χ0v) is 12.8. The van der Waals surface area contributed by atoms with E-state index in [-0.39, 0.29) is 18.1 Å². The minimum atomic E-state index is -0.142. The number of nitrogens with one attached hydrogen (secondary N) is 1. The van der Waals surface area contributed by atoms with Crippen LogP contribution < -0.4 is 5.32 Å². The maximum absolute atomic E-state index is 11.2. The molecule has 0 bridgehead atoms. The minimum absolute atomic E-state index is 0.142. The summed E-state index contributed by atoms with van der Waals surface area (Å²) in [5, 5.41) is 2.80. The molecule has 0 spiro atoms. The number of carbonyl (C=O) groups is 1. The average Bonchev–Trinajstić information content (AvgIpc) is 2.44. The SMILES string of the molecule is C=CC(=O)NCc1cccc(CN2CC(C)OC(C)C2)c1. The second kappa shape index (κ2) is 7.38. The second-order valence-electron chi connectivity index (χ2n) is 5.69. The highest BCUT2D eigenvalue weighted by Crippen LogP contribution is 2.15. The fourth-order valence-electron chi connectivity index (χ4n) is 2.77. The number of hydrogen-bond donors (Lipinski definition) is 1. The monoisotopic (exact) mass is 288 g/mol. The molecule has 1 fully saturated rings. The van der Waals surface area contributed by atoms with E-state index in [1.807, 2.05) is 12.1 Å². The molecule has 2 unspecified atom stereocenters.